The lowest BCUT2D eigenvalue weighted by molar-refractivity contribution is 0.101. The van der Waals surface area contributed by atoms with Crippen LogP contribution in [0.15, 0.2) is 77.3 Å². The Kier molecular flexibility index (Phi) is 5.94. The molecule has 0 saturated heterocycles. The molecular formula is C25H14Cl4N2O2. The third-order valence-electron chi connectivity index (χ3n) is 5.28. The lowest BCUT2D eigenvalue weighted by Gasteiger charge is -2.09. The first-order chi connectivity index (χ1) is 15.9. The number of hydrogen-bond donors (Lipinski definition) is 0. The number of hydrogen-bond acceptors (Lipinski definition) is 3. The SMILES string of the molecule is O=C(c1cnc(-c2ccccc2)o1)c1c(Cl)n(Cc2ccc(Cl)cc2Cl)c2ccc(Cl)cc12. The Labute approximate surface area is 209 Å². The fourth-order valence-corrected chi connectivity index (χ4v) is 4.68. The number of nitrogens with zero attached hydrogens (tertiary/aromatic N) is 2. The zero-order valence-corrected chi connectivity index (χ0v) is 19.9. The molecule has 0 aliphatic carbocycles. The Hall–Kier alpha value is -2.76. The number of benzene rings is 3. The van der Waals surface area contributed by atoms with Crippen LogP contribution in [-0.2, 0) is 6.54 Å². The molecule has 4 nitrogen and oxygen atoms in total. The molecule has 2 heterocycles. The van der Waals surface area contributed by atoms with Gasteiger partial charge in [0.25, 0.3) is 0 Å². The van der Waals surface area contributed by atoms with Crippen molar-refractivity contribution in [1.82, 2.24) is 9.55 Å². The number of halogens is 4. The number of fused-ring (bicyclic) bond motifs is 1. The molecule has 0 aliphatic rings. The first-order valence-electron chi connectivity index (χ1n) is 9.89. The molecule has 0 aliphatic heterocycles. The van der Waals surface area contributed by atoms with Gasteiger partial charge in [0.2, 0.25) is 11.7 Å². The van der Waals surface area contributed by atoms with E-state index in [9.17, 15) is 4.79 Å². The van der Waals surface area contributed by atoms with E-state index in [4.69, 9.17) is 50.8 Å². The number of aromatic nitrogens is 2. The number of ketones is 1. The maximum absolute atomic E-state index is 13.5. The first-order valence-corrected chi connectivity index (χ1v) is 11.4. The van der Waals surface area contributed by atoms with E-state index in [2.05, 4.69) is 4.98 Å². The summed E-state index contributed by atoms with van der Waals surface area (Å²) in [5.74, 6) is 0.0481. The van der Waals surface area contributed by atoms with Crippen molar-refractivity contribution in [2.75, 3.05) is 0 Å². The lowest BCUT2D eigenvalue weighted by Crippen LogP contribution is -2.03. The van der Waals surface area contributed by atoms with Crippen molar-refractivity contribution in [3.63, 3.8) is 0 Å². The second-order valence-electron chi connectivity index (χ2n) is 7.37. The molecule has 0 N–H and O–H groups in total. The highest BCUT2D eigenvalue weighted by Crippen LogP contribution is 2.36. The van der Waals surface area contributed by atoms with Crippen LogP contribution < -0.4 is 0 Å². The third kappa shape index (κ3) is 4.16. The monoisotopic (exact) mass is 514 g/mol. The molecule has 0 saturated carbocycles. The van der Waals surface area contributed by atoms with Crippen molar-refractivity contribution in [1.29, 1.82) is 0 Å². The Balaban J connectivity index is 1.61. The van der Waals surface area contributed by atoms with Crippen molar-refractivity contribution >= 4 is 63.1 Å². The molecule has 0 unspecified atom stereocenters. The van der Waals surface area contributed by atoms with Crippen molar-refractivity contribution in [2.24, 2.45) is 0 Å². The molecule has 5 aromatic rings. The molecule has 0 fully saturated rings. The Morgan fingerprint density at radius 2 is 1.64 bits per heavy atom. The van der Waals surface area contributed by atoms with Gasteiger partial charge in [0.1, 0.15) is 5.15 Å². The molecule has 5 rings (SSSR count). The van der Waals surface area contributed by atoms with Crippen LogP contribution >= 0.6 is 46.4 Å². The zero-order chi connectivity index (χ0) is 23.1. The maximum Gasteiger partial charge on any atom is 0.233 e. The van der Waals surface area contributed by atoms with Gasteiger partial charge in [-0.25, -0.2) is 4.98 Å². The molecule has 0 amide bonds. The summed E-state index contributed by atoms with van der Waals surface area (Å²) in [6.45, 7) is 0.339. The van der Waals surface area contributed by atoms with Gasteiger partial charge >= 0.3 is 0 Å². The number of carbonyl (C=O) groups is 1. The average molecular weight is 516 g/mol. The molecule has 0 bridgehead atoms. The highest BCUT2D eigenvalue weighted by atomic mass is 35.5. The van der Waals surface area contributed by atoms with E-state index in [0.717, 1.165) is 16.6 Å². The van der Waals surface area contributed by atoms with E-state index in [-0.39, 0.29) is 22.3 Å². The lowest BCUT2D eigenvalue weighted by atomic mass is 10.1. The summed E-state index contributed by atoms with van der Waals surface area (Å²) in [4.78, 5) is 17.8. The van der Waals surface area contributed by atoms with Crippen molar-refractivity contribution < 1.29 is 9.21 Å². The minimum absolute atomic E-state index is 0.0827. The van der Waals surface area contributed by atoms with Crippen LogP contribution in [0.3, 0.4) is 0 Å². The Bertz CT molecular complexity index is 1510. The molecule has 0 atom stereocenters. The van der Waals surface area contributed by atoms with Crippen LogP contribution in [0.1, 0.15) is 21.7 Å². The van der Waals surface area contributed by atoms with Crippen LogP contribution in [0.2, 0.25) is 20.2 Å². The number of oxazole rings is 1. The van der Waals surface area contributed by atoms with Gasteiger partial charge in [-0.05, 0) is 48.0 Å². The van der Waals surface area contributed by atoms with Gasteiger partial charge in [0.15, 0.2) is 5.76 Å². The standard InChI is InChI=1S/C25H14Cl4N2O2/c26-16-8-9-20-18(10-16)22(24(29)31(20)13-15-6-7-17(27)11-19(15)28)23(32)21-12-30-25(33-21)14-4-2-1-3-5-14/h1-12H,13H2. The minimum Gasteiger partial charge on any atom is -0.433 e. The van der Waals surface area contributed by atoms with Gasteiger partial charge in [-0.1, -0.05) is 70.7 Å². The fourth-order valence-electron chi connectivity index (χ4n) is 3.70. The smallest absolute Gasteiger partial charge is 0.233 e. The highest BCUT2D eigenvalue weighted by Gasteiger charge is 2.26. The van der Waals surface area contributed by atoms with Gasteiger partial charge in [-0.15, -0.1) is 0 Å². The van der Waals surface area contributed by atoms with E-state index >= 15 is 0 Å². The predicted molar refractivity (Wildman–Crippen MR) is 133 cm³/mol. The minimum atomic E-state index is -0.386. The van der Waals surface area contributed by atoms with E-state index in [1.165, 1.54) is 6.20 Å². The van der Waals surface area contributed by atoms with E-state index in [1.807, 2.05) is 47.0 Å². The maximum atomic E-state index is 13.5. The van der Waals surface area contributed by atoms with E-state index in [0.29, 0.717) is 32.9 Å². The summed E-state index contributed by atoms with van der Waals surface area (Å²) < 4.78 is 7.59. The molecule has 8 heteroatoms. The molecule has 0 spiro atoms. The Morgan fingerprint density at radius 1 is 0.909 bits per heavy atom. The van der Waals surface area contributed by atoms with Gasteiger partial charge in [0.05, 0.1) is 23.8 Å². The molecule has 164 valence electrons. The molecule has 2 aromatic heterocycles. The van der Waals surface area contributed by atoms with Crippen molar-refractivity contribution in [2.45, 2.75) is 6.54 Å². The first kappa shape index (κ1) is 22.1. The summed E-state index contributed by atoms with van der Waals surface area (Å²) in [5.41, 5.74) is 2.60. The fraction of sp³-hybridized carbons (Fsp3) is 0.0400. The molecule has 33 heavy (non-hydrogen) atoms. The van der Waals surface area contributed by atoms with Gasteiger partial charge < -0.3 is 8.98 Å². The second-order valence-corrected chi connectivity index (χ2v) is 9.01. The van der Waals surface area contributed by atoms with Crippen molar-refractivity contribution in [3.8, 4) is 11.5 Å². The second kappa shape index (κ2) is 8.88. The third-order valence-corrected chi connectivity index (χ3v) is 6.50. The molecule has 3 aromatic carbocycles. The average Bonchev–Trinajstić information content (AvgIpc) is 3.39. The quantitative estimate of drug-likeness (QED) is 0.221. The van der Waals surface area contributed by atoms with Crippen molar-refractivity contribution in [3.05, 3.63) is 110 Å². The highest BCUT2D eigenvalue weighted by molar-refractivity contribution is 6.38. The summed E-state index contributed by atoms with van der Waals surface area (Å²) in [7, 11) is 0. The van der Waals surface area contributed by atoms with Gasteiger partial charge in [-0.2, -0.15) is 0 Å². The van der Waals surface area contributed by atoms with Crippen LogP contribution in [0, 0.1) is 0 Å². The van der Waals surface area contributed by atoms with Crippen LogP contribution in [0.4, 0.5) is 0 Å². The normalized spacial score (nSPS) is 11.3. The van der Waals surface area contributed by atoms with Gasteiger partial charge in [-0.3, -0.25) is 4.79 Å². The van der Waals surface area contributed by atoms with Crippen LogP contribution in [0.5, 0.6) is 0 Å². The van der Waals surface area contributed by atoms with Gasteiger partial charge in [0, 0.05) is 26.0 Å². The van der Waals surface area contributed by atoms with Crippen LogP contribution in [0.25, 0.3) is 22.4 Å². The summed E-state index contributed by atoms with van der Waals surface area (Å²) in [6, 6.07) is 19.9. The van der Waals surface area contributed by atoms with Crippen LogP contribution in [-0.4, -0.2) is 15.3 Å². The molecule has 0 radical (unpaired) electrons. The number of rotatable bonds is 5. The number of carbonyl (C=O) groups excluding carboxylic acids is 1. The van der Waals surface area contributed by atoms with E-state index in [1.54, 1.807) is 24.3 Å². The largest absolute Gasteiger partial charge is 0.433 e. The predicted octanol–water partition coefficient (Wildman–Crippen LogP) is 8.19. The zero-order valence-electron chi connectivity index (χ0n) is 16.9. The van der Waals surface area contributed by atoms with E-state index < -0.39 is 0 Å². The summed E-state index contributed by atoms with van der Waals surface area (Å²) >= 11 is 25.4. The molecular weight excluding hydrogens is 502 g/mol. The Morgan fingerprint density at radius 3 is 2.39 bits per heavy atom. The summed E-state index contributed by atoms with van der Waals surface area (Å²) in [5, 5.41) is 2.39. The summed E-state index contributed by atoms with van der Waals surface area (Å²) in [6.07, 6.45) is 1.41. The topological polar surface area (TPSA) is 48.0 Å².